The molecule has 23 heavy (non-hydrogen) atoms. The number of carboxylic acid groups (broad SMARTS) is 1. The lowest BCUT2D eigenvalue weighted by atomic mass is 10.1. The van der Waals surface area contributed by atoms with E-state index in [-0.39, 0.29) is 10.5 Å². The summed E-state index contributed by atoms with van der Waals surface area (Å²) in [7, 11) is -3.75. The second kappa shape index (κ2) is 6.64. The van der Waals surface area contributed by atoms with Gasteiger partial charge in [-0.15, -0.1) is 0 Å². The third-order valence-corrected chi connectivity index (χ3v) is 3.99. The lowest BCUT2D eigenvalue weighted by molar-refractivity contribution is -0.132. The molecule has 7 heteroatoms. The largest absolute Gasteiger partial charge is 0.478 e. The van der Waals surface area contributed by atoms with Gasteiger partial charge in [0, 0.05) is 16.9 Å². The highest BCUT2D eigenvalue weighted by Gasteiger charge is 2.08. The Morgan fingerprint density at radius 2 is 1.78 bits per heavy atom. The highest BCUT2D eigenvalue weighted by Crippen LogP contribution is 2.20. The molecule has 0 aliphatic carbocycles. The van der Waals surface area contributed by atoms with Crippen LogP contribution in [0.4, 0.5) is 11.4 Å². The van der Waals surface area contributed by atoms with Crippen LogP contribution >= 0.6 is 0 Å². The third kappa shape index (κ3) is 4.67. The van der Waals surface area contributed by atoms with Crippen LogP contribution in [0.25, 0.3) is 6.08 Å². The van der Waals surface area contributed by atoms with Crippen molar-refractivity contribution in [2.75, 3.05) is 5.32 Å². The number of carbonyl (C=O) groups is 1. The predicted molar refractivity (Wildman–Crippen MR) is 88.8 cm³/mol. The smallest absolute Gasteiger partial charge is 0.331 e. The maximum Gasteiger partial charge on any atom is 0.331 e. The van der Waals surface area contributed by atoms with E-state index in [0.29, 0.717) is 5.69 Å². The van der Waals surface area contributed by atoms with Gasteiger partial charge in [-0.3, -0.25) is 0 Å². The molecule has 0 spiro atoms. The van der Waals surface area contributed by atoms with Gasteiger partial charge in [0.15, 0.2) is 0 Å². The van der Waals surface area contributed by atoms with E-state index in [2.05, 4.69) is 5.32 Å². The number of primary sulfonamides is 1. The first-order valence-corrected chi connectivity index (χ1v) is 8.22. The predicted octanol–water partition coefficient (Wildman–Crippen LogP) is 2.57. The lowest BCUT2D eigenvalue weighted by Gasteiger charge is -2.08. The van der Waals surface area contributed by atoms with Crippen molar-refractivity contribution in [1.29, 1.82) is 0 Å². The third-order valence-electron chi connectivity index (χ3n) is 3.08. The summed E-state index contributed by atoms with van der Waals surface area (Å²) in [6.07, 6.45) is 1.56. The summed E-state index contributed by atoms with van der Waals surface area (Å²) in [6, 6.07) is 13.2. The summed E-state index contributed by atoms with van der Waals surface area (Å²) >= 11 is 0. The number of aliphatic carboxylic acids is 1. The average molecular weight is 332 g/mol. The van der Waals surface area contributed by atoms with E-state index >= 15 is 0 Å². The van der Waals surface area contributed by atoms with Crippen molar-refractivity contribution < 1.29 is 18.3 Å². The van der Waals surface area contributed by atoms with Gasteiger partial charge in [-0.1, -0.05) is 18.2 Å². The number of rotatable bonds is 5. The molecule has 0 radical (unpaired) electrons. The van der Waals surface area contributed by atoms with Crippen molar-refractivity contribution in [2.24, 2.45) is 5.14 Å². The molecule has 4 N–H and O–H groups in total. The first-order valence-electron chi connectivity index (χ1n) is 6.67. The Hall–Kier alpha value is -2.64. The van der Waals surface area contributed by atoms with Crippen molar-refractivity contribution in [1.82, 2.24) is 0 Å². The van der Waals surface area contributed by atoms with E-state index in [1.54, 1.807) is 42.5 Å². The number of nitrogens with two attached hydrogens (primary N) is 1. The molecule has 120 valence electrons. The van der Waals surface area contributed by atoms with Crippen molar-refractivity contribution in [2.45, 2.75) is 11.8 Å². The fourth-order valence-corrected chi connectivity index (χ4v) is 2.45. The standard InChI is InChI=1S/C16H16N2O4S/c1-11(16(19)20)9-12-5-7-13(8-6-12)18-14-3-2-4-15(10-14)23(17,21)22/h2-10,18H,1H3,(H,19,20)(H2,17,21,22). The highest BCUT2D eigenvalue weighted by atomic mass is 32.2. The second-order valence-electron chi connectivity index (χ2n) is 4.95. The number of sulfonamides is 1. The zero-order chi connectivity index (χ0) is 17.0. The van der Waals surface area contributed by atoms with Crippen LogP contribution in [0.3, 0.4) is 0 Å². The molecule has 2 aromatic carbocycles. The molecular weight excluding hydrogens is 316 g/mol. The molecule has 0 unspecified atom stereocenters. The molecule has 0 aliphatic rings. The van der Waals surface area contributed by atoms with Gasteiger partial charge in [0.1, 0.15) is 0 Å². The van der Waals surface area contributed by atoms with E-state index in [1.807, 2.05) is 0 Å². The van der Waals surface area contributed by atoms with Crippen LogP contribution in [0.15, 0.2) is 59.0 Å². The molecule has 0 aliphatic heterocycles. The topological polar surface area (TPSA) is 109 Å². The van der Waals surface area contributed by atoms with Gasteiger partial charge < -0.3 is 10.4 Å². The first-order chi connectivity index (χ1) is 10.8. The van der Waals surface area contributed by atoms with Crippen LogP contribution in [-0.2, 0) is 14.8 Å². The van der Waals surface area contributed by atoms with Crippen LogP contribution in [0, 0.1) is 0 Å². The van der Waals surface area contributed by atoms with Gasteiger partial charge in [-0.25, -0.2) is 18.4 Å². The summed E-state index contributed by atoms with van der Waals surface area (Å²) in [6.45, 7) is 1.52. The van der Waals surface area contributed by atoms with E-state index in [9.17, 15) is 13.2 Å². The molecule has 0 saturated carbocycles. The minimum absolute atomic E-state index is 0.0270. The van der Waals surface area contributed by atoms with Crippen LogP contribution in [0.1, 0.15) is 12.5 Å². The highest BCUT2D eigenvalue weighted by molar-refractivity contribution is 7.89. The van der Waals surface area contributed by atoms with E-state index < -0.39 is 16.0 Å². The van der Waals surface area contributed by atoms with Crippen LogP contribution in [0.5, 0.6) is 0 Å². The van der Waals surface area contributed by atoms with Gasteiger partial charge >= 0.3 is 5.97 Å². The number of carboxylic acids is 1. The summed E-state index contributed by atoms with van der Waals surface area (Å²) in [4.78, 5) is 10.8. The van der Waals surface area contributed by atoms with Crippen molar-refractivity contribution >= 4 is 33.4 Å². The summed E-state index contributed by atoms with van der Waals surface area (Å²) in [5.41, 5.74) is 2.32. The second-order valence-corrected chi connectivity index (χ2v) is 6.51. The molecule has 2 aromatic rings. The molecule has 0 fully saturated rings. The molecule has 6 nitrogen and oxygen atoms in total. The zero-order valence-corrected chi connectivity index (χ0v) is 13.2. The Morgan fingerprint density at radius 1 is 1.13 bits per heavy atom. The van der Waals surface area contributed by atoms with Crippen molar-refractivity contribution in [3.8, 4) is 0 Å². The minimum Gasteiger partial charge on any atom is -0.478 e. The van der Waals surface area contributed by atoms with Gasteiger partial charge in [-0.2, -0.15) is 0 Å². The van der Waals surface area contributed by atoms with Gasteiger partial charge in [0.2, 0.25) is 10.0 Å². The monoisotopic (exact) mass is 332 g/mol. The molecule has 0 atom stereocenters. The number of benzene rings is 2. The lowest BCUT2D eigenvalue weighted by Crippen LogP contribution is -2.12. The molecule has 2 rings (SSSR count). The Bertz CT molecular complexity index is 856. The fourth-order valence-electron chi connectivity index (χ4n) is 1.89. The van der Waals surface area contributed by atoms with Gasteiger partial charge in [0.05, 0.1) is 4.90 Å². The molecule has 0 saturated heterocycles. The van der Waals surface area contributed by atoms with Crippen molar-refractivity contribution in [3.05, 3.63) is 59.7 Å². The Labute approximate surface area is 134 Å². The molecule has 0 bridgehead atoms. The van der Waals surface area contributed by atoms with E-state index in [1.165, 1.54) is 19.1 Å². The average Bonchev–Trinajstić information content (AvgIpc) is 2.48. The summed E-state index contributed by atoms with van der Waals surface area (Å²) in [5, 5.41) is 17.0. The number of nitrogens with one attached hydrogen (secondary N) is 1. The van der Waals surface area contributed by atoms with Crippen LogP contribution < -0.4 is 10.5 Å². The Kier molecular flexibility index (Phi) is 4.83. The fraction of sp³-hybridized carbons (Fsp3) is 0.0625. The van der Waals surface area contributed by atoms with E-state index in [0.717, 1.165) is 11.3 Å². The van der Waals surface area contributed by atoms with Crippen molar-refractivity contribution in [3.63, 3.8) is 0 Å². The maximum atomic E-state index is 11.3. The van der Waals surface area contributed by atoms with E-state index in [4.69, 9.17) is 10.2 Å². The minimum atomic E-state index is -3.75. The molecule has 0 amide bonds. The first kappa shape index (κ1) is 16.7. The van der Waals surface area contributed by atoms with Gasteiger partial charge in [0.25, 0.3) is 0 Å². The van der Waals surface area contributed by atoms with Crippen LogP contribution in [-0.4, -0.2) is 19.5 Å². The SMILES string of the molecule is CC(=Cc1ccc(Nc2cccc(S(N)(=O)=O)c2)cc1)C(=O)O. The van der Waals surface area contributed by atoms with Gasteiger partial charge in [-0.05, 0) is 48.9 Å². The summed E-state index contributed by atoms with van der Waals surface area (Å²) in [5.74, 6) is -0.966. The number of anilines is 2. The number of hydrogen-bond donors (Lipinski definition) is 3. The zero-order valence-electron chi connectivity index (χ0n) is 12.4. The quantitative estimate of drug-likeness (QED) is 0.729. The normalized spacial score (nSPS) is 12.0. The maximum absolute atomic E-state index is 11.3. The number of hydrogen-bond acceptors (Lipinski definition) is 4. The molecule has 0 heterocycles. The Morgan fingerprint density at radius 3 is 2.35 bits per heavy atom. The molecular formula is C16H16N2O4S. The summed E-state index contributed by atoms with van der Waals surface area (Å²) < 4.78 is 22.7. The molecule has 0 aromatic heterocycles. The Balaban J connectivity index is 2.19. The van der Waals surface area contributed by atoms with Crippen LogP contribution in [0.2, 0.25) is 0 Å².